The molecule has 0 bridgehead atoms. The van der Waals surface area contributed by atoms with Crippen LogP contribution in [0.5, 0.6) is 0 Å². The summed E-state index contributed by atoms with van der Waals surface area (Å²) in [6, 6.07) is 25.5. The Morgan fingerprint density at radius 3 is 1.76 bits per heavy atom. The molecule has 3 aromatic rings. The minimum atomic E-state index is -0.673. The van der Waals surface area contributed by atoms with Crippen LogP contribution in [0.1, 0.15) is 35.2 Å². The van der Waals surface area contributed by atoms with Crippen molar-refractivity contribution in [3.63, 3.8) is 0 Å². The molecule has 0 heterocycles. The number of benzene rings is 3. The van der Waals surface area contributed by atoms with Gasteiger partial charge in [0.2, 0.25) is 5.91 Å². The van der Waals surface area contributed by atoms with Crippen LogP contribution >= 0.6 is 15.9 Å². The first-order chi connectivity index (χ1) is 14.0. The normalized spacial score (nSPS) is 11.7. The Hall–Kier alpha value is -3.12. The van der Waals surface area contributed by atoms with Gasteiger partial charge in [-0.2, -0.15) is 0 Å². The van der Waals surface area contributed by atoms with Gasteiger partial charge in [-0.3, -0.25) is 4.79 Å². The highest BCUT2D eigenvalue weighted by molar-refractivity contribution is 9.10. The summed E-state index contributed by atoms with van der Waals surface area (Å²) in [4.78, 5) is 24.4. The minimum Gasteiger partial charge on any atom is -0.352 e. The zero-order valence-corrected chi connectivity index (χ0v) is 17.3. The van der Waals surface area contributed by atoms with Crippen molar-refractivity contribution < 1.29 is 9.59 Å². The molecular formula is C23H22BrN3O2. The maximum absolute atomic E-state index is 12.9. The van der Waals surface area contributed by atoms with Crippen molar-refractivity contribution in [1.82, 2.24) is 10.6 Å². The van der Waals surface area contributed by atoms with Gasteiger partial charge in [0.05, 0.1) is 18.5 Å². The van der Waals surface area contributed by atoms with Crippen LogP contribution in [0.3, 0.4) is 0 Å². The van der Waals surface area contributed by atoms with Gasteiger partial charge in [-0.15, -0.1) is 0 Å². The van der Waals surface area contributed by atoms with Crippen LogP contribution in [0.4, 0.5) is 4.79 Å². The molecular weight excluding hydrogens is 430 g/mol. The van der Waals surface area contributed by atoms with Gasteiger partial charge in [0.1, 0.15) is 0 Å². The van der Waals surface area contributed by atoms with Gasteiger partial charge in [0.15, 0.2) is 0 Å². The van der Waals surface area contributed by atoms with Gasteiger partial charge in [-0.25, -0.2) is 4.79 Å². The molecule has 1 atom stereocenters. The molecule has 5 nitrogen and oxygen atoms in total. The fourth-order valence-electron chi connectivity index (χ4n) is 3.17. The maximum Gasteiger partial charge on any atom is 0.312 e. The van der Waals surface area contributed by atoms with E-state index in [0.717, 1.165) is 21.2 Å². The van der Waals surface area contributed by atoms with Gasteiger partial charge in [0, 0.05) is 4.47 Å². The molecule has 0 aliphatic rings. The first-order valence-corrected chi connectivity index (χ1v) is 10.0. The second-order valence-electron chi connectivity index (χ2n) is 6.64. The van der Waals surface area contributed by atoms with Crippen LogP contribution < -0.4 is 16.4 Å². The molecule has 3 rings (SSSR count). The van der Waals surface area contributed by atoms with Crippen molar-refractivity contribution in [2.75, 3.05) is 0 Å². The van der Waals surface area contributed by atoms with Crippen LogP contribution in [0.2, 0.25) is 0 Å². The maximum atomic E-state index is 12.9. The second kappa shape index (κ2) is 9.89. The number of nitrogens with one attached hydrogen (secondary N) is 2. The van der Waals surface area contributed by atoms with Crippen molar-refractivity contribution in [2.24, 2.45) is 5.73 Å². The number of urea groups is 1. The number of nitrogens with two attached hydrogens (primary N) is 1. The predicted octanol–water partition coefficient (Wildman–Crippen LogP) is 4.45. The fraction of sp³-hybridized carbons (Fsp3) is 0.130. The third kappa shape index (κ3) is 5.93. The molecule has 0 unspecified atom stereocenters. The average Bonchev–Trinajstić information content (AvgIpc) is 2.73. The van der Waals surface area contributed by atoms with Crippen LogP contribution in [-0.4, -0.2) is 11.9 Å². The van der Waals surface area contributed by atoms with E-state index in [0.29, 0.717) is 0 Å². The lowest BCUT2D eigenvalue weighted by molar-refractivity contribution is -0.122. The van der Waals surface area contributed by atoms with Crippen molar-refractivity contribution >= 4 is 27.9 Å². The van der Waals surface area contributed by atoms with Crippen molar-refractivity contribution in [1.29, 1.82) is 0 Å². The molecule has 0 aliphatic heterocycles. The summed E-state index contributed by atoms with van der Waals surface area (Å²) in [5.41, 5.74) is 8.10. The molecule has 0 aromatic heterocycles. The average molecular weight is 452 g/mol. The molecule has 3 amide bonds. The number of hydrogen-bond donors (Lipinski definition) is 3. The molecule has 0 saturated carbocycles. The number of rotatable bonds is 7. The number of carbonyl (C=O) groups excluding carboxylic acids is 2. The van der Waals surface area contributed by atoms with E-state index >= 15 is 0 Å². The number of carbonyl (C=O) groups is 2. The largest absolute Gasteiger partial charge is 0.352 e. The lowest BCUT2D eigenvalue weighted by Gasteiger charge is -2.23. The van der Waals surface area contributed by atoms with Crippen molar-refractivity contribution in [2.45, 2.75) is 18.5 Å². The molecule has 29 heavy (non-hydrogen) atoms. The summed E-state index contributed by atoms with van der Waals surface area (Å²) in [7, 11) is 0. The Balaban J connectivity index is 1.80. The summed E-state index contributed by atoms with van der Waals surface area (Å²) in [6.45, 7) is 0. The molecule has 6 heteroatoms. The van der Waals surface area contributed by atoms with Crippen molar-refractivity contribution in [3.8, 4) is 0 Å². The molecule has 4 N–H and O–H groups in total. The number of halogens is 1. The van der Waals surface area contributed by atoms with E-state index < -0.39 is 12.1 Å². The van der Waals surface area contributed by atoms with Crippen LogP contribution in [0.15, 0.2) is 89.4 Å². The minimum absolute atomic E-state index is 0.0702. The lowest BCUT2D eigenvalue weighted by Crippen LogP contribution is -2.37. The van der Waals surface area contributed by atoms with Gasteiger partial charge >= 0.3 is 6.03 Å². The number of primary amides is 1. The first-order valence-electron chi connectivity index (χ1n) is 9.23. The van der Waals surface area contributed by atoms with Gasteiger partial charge in [-0.05, 0) is 28.8 Å². The fourth-order valence-corrected chi connectivity index (χ4v) is 3.44. The quantitative estimate of drug-likeness (QED) is 0.495. The first kappa shape index (κ1) is 20.6. The molecule has 0 fully saturated rings. The van der Waals surface area contributed by atoms with E-state index in [4.69, 9.17) is 5.73 Å². The standard InChI is InChI=1S/C23H22BrN3O2/c24-19-13-11-16(12-14-19)20(26-23(25)29)15-21(28)27-22(17-7-3-1-4-8-17)18-9-5-2-6-10-18/h1-14,20,22H,15H2,(H,27,28)(H3,25,26,29)/t20-/m1/s1. The van der Waals surface area contributed by atoms with E-state index in [1.807, 2.05) is 84.9 Å². The summed E-state index contributed by atoms with van der Waals surface area (Å²) in [5.74, 6) is -0.190. The number of hydrogen-bond acceptors (Lipinski definition) is 2. The lowest BCUT2D eigenvalue weighted by atomic mass is 9.97. The highest BCUT2D eigenvalue weighted by Gasteiger charge is 2.21. The zero-order valence-electron chi connectivity index (χ0n) is 15.7. The summed E-state index contributed by atoms with van der Waals surface area (Å²) < 4.78 is 0.914. The Bertz CT molecular complexity index is 907. The summed E-state index contributed by atoms with van der Waals surface area (Å²) in [6.07, 6.45) is 0.0702. The smallest absolute Gasteiger partial charge is 0.312 e. The topological polar surface area (TPSA) is 84.2 Å². The zero-order chi connectivity index (χ0) is 20.6. The number of amides is 3. The molecule has 148 valence electrons. The Labute approximate surface area is 178 Å². The van der Waals surface area contributed by atoms with Gasteiger partial charge in [0.25, 0.3) is 0 Å². The third-order valence-electron chi connectivity index (χ3n) is 4.55. The van der Waals surface area contributed by atoms with E-state index in [1.165, 1.54) is 0 Å². The molecule has 0 saturated heterocycles. The molecule has 0 spiro atoms. The van der Waals surface area contributed by atoms with Gasteiger partial charge in [-0.1, -0.05) is 88.7 Å². The highest BCUT2D eigenvalue weighted by atomic mass is 79.9. The molecule has 0 aliphatic carbocycles. The third-order valence-corrected chi connectivity index (χ3v) is 5.08. The Kier molecular flexibility index (Phi) is 7.03. The monoisotopic (exact) mass is 451 g/mol. The Morgan fingerprint density at radius 2 is 1.28 bits per heavy atom. The summed E-state index contributed by atoms with van der Waals surface area (Å²) >= 11 is 3.39. The van der Waals surface area contributed by atoms with Crippen LogP contribution in [0, 0.1) is 0 Å². The Morgan fingerprint density at radius 1 is 0.759 bits per heavy atom. The van der Waals surface area contributed by atoms with Crippen LogP contribution in [-0.2, 0) is 4.79 Å². The van der Waals surface area contributed by atoms with E-state index in [-0.39, 0.29) is 18.4 Å². The highest BCUT2D eigenvalue weighted by Crippen LogP contribution is 2.24. The van der Waals surface area contributed by atoms with Crippen LogP contribution in [0.25, 0.3) is 0 Å². The van der Waals surface area contributed by atoms with E-state index in [1.54, 1.807) is 0 Å². The molecule has 0 radical (unpaired) electrons. The second-order valence-corrected chi connectivity index (χ2v) is 7.55. The van der Waals surface area contributed by atoms with Gasteiger partial charge < -0.3 is 16.4 Å². The van der Waals surface area contributed by atoms with Crippen molar-refractivity contribution in [3.05, 3.63) is 106 Å². The SMILES string of the molecule is NC(=O)N[C@H](CC(=O)NC(c1ccccc1)c1ccccc1)c1ccc(Br)cc1. The van der Waals surface area contributed by atoms with E-state index in [2.05, 4.69) is 26.6 Å². The van der Waals surface area contributed by atoms with E-state index in [9.17, 15) is 9.59 Å². The predicted molar refractivity (Wildman–Crippen MR) is 117 cm³/mol. The molecule has 3 aromatic carbocycles. The summed E-state index contributed by atoms with van der Waals surface area (Å²) in [5, 5.41) is 5.76.